The monoisotopic (exact) mass is 451 g/mol. The van der Waals surface area contributed by atoms with Gasteiger partial charge in [0.25, 0.3) is 20.2 Å². The lowest BCUT2D eigenvalue weighted by Crippen LogP contribution is -2.50. The van der Waals surface area contributed by atoms with Crippen molar-refractivity contribution in [2.45, 2.75) is 38.3 Å². The van der Waals surface area contributed by atoms with E-state index in [0.29, 0.717) is 0 Å². The molecule has 1 aromatic carbocycles. The highest BCUT2D eigenvalue weighted by molar-refractivity contribution is 7.86. The van der Waals surface area contributed by atoms with Crippen LogP contribution in [0.15, 0.2) is 30.3 Å². The minimum absolute atomic E-state index is 0.00356. The molecule has 0 radical (unpaired) electrons. The highest BCUT2D eigenvalue weighted by atomic mass is 32.2. The number of benzene rings is 1. The quantitative estimate of drug-likeness (QED) is 0.534. The second kappa shape index (κ2) is 8.96. The van der Waals surface area contributed by atoms with E-state index in [1.165, 1.54) is 4.90 Å². The van der Waals surface area contributed by atoms with Crippen LogP contribution in [-0.2, 0) is 44.7 Å². The maximum absolute atomic E-state index is 12.8. The molecule has 0 bridgehead atoms. The maximum Gasteiger partial charge on any atom is 0.412 e. The molecule has 1 heterocycles. The van der Waals surface area contributed by atoms with E-state index in [-0.39, 0.29) is 6.61 Å². The molecule has 1 saturated heterocycles. The lowest BCUT2D eigenvalue weighted by molar-refractivity contribution is -0.0779. The molecule has 0 aromatic heterocycles. The van der Waals surface area contributed by atoms with Gasteiger partial charge < -0.3 is 9.47 Å². The Labute approximate surface area is 170 Å². The van der Waals surface area contributed by atoms with Crippen LogP contribution < -0.4 is 0 Å². The van der Waals surface area contributed by atoms with Gasteiger partial charge >= 0.3 is 6.09 Å². The third-order valence-corrected chi connectivity index (χ3v) is 5.21. The van der Waals surface area contributed by atoms with E-state index in [0.717, 1.165) is 18.1 Å². The molecule has 1 fully saturated rings. The average Bonchev–Trinajstić information content (AvgIpc) is 2.86. The number of carbonyl (C=O) groups excluding carboxylic acids is 1. The summed E-state index contributed by atoms with van der Waals surface area (Å²) in [6.07, 6.45) is 0.0308. The van der Waals surface area contributed by atoms with Gasteiger partial charge in [-0.2, -0.15) is 16.8 Å². The zero-order chi connectivity index (χ0) is 21.9. The van der Waals surface area contributed by atoms with Gasteiger partial charge in [-0.3, -0.25) is 13.3 Å². The molecule has 0 spiro atoms. The van der Waals surface area contributed by atoms with Crippen molar-refractivity contribution < 1.29 is 39.5 Å². The van der Waals surface area contributed by atoms with Crippen LogP contribution in [0.4, 0.5) is 4.79 Å². The molecular formula is C17H25NO9S2. The van der Waals surface area contributed by atoms with Crippen LogP contribution in [0.5, 0.6) is 0 Å². The van der Waals surface area contributed by atoms with Gasteiger partial charge in [0.05, 0.1) is 31.8 Å². The molecular weight excluding hydrogens is 426 g/mol. The molecule has 1 amide bonds. The minimum Gasteiger partial charge on any atom is -0.444 e. The maximum atomic E-state index is 12.8. The highest BCUT2D eigenvalue weighted by Crippen LogP contribution is 2.34. The molecule has 2 rings (SSSR count). The van der Waals surface area contributed by atoms with Crippen molar-refractivity contribution in [1.29, 1.82) is 0 Å². The lowest BCUT2D eigenvalue weighted by atomic mass is 10.1. The van der Waals surface area contributed by atoms with Gasteiger partial charge in [0.15, 0.2) is 0 Å². The largest absolute Gasteiger partial charge is 0.444 e. The fourth-order valence-corrected chi connectivity index (χ4v) is 3.69. The Morgan fingerprint density at radius 3 is 2.14 bits per heavy atom. The molecule has 12 heteroatoms. The van der Waals surface area contributed by atoms with Gasteiger partial charge in [-0.15, -0.1) is 0 Å². The van der Waals surface area contributed by atoms with Crippen molar-refractivity contribution in [1.82, 2.24) is 4.90 Å². The number of nitrogens with zero attached hydrogens (tertiary/aromatic N) is 1. The van der Waals surface area contributed by atoms with Crippen LogP contribution >= 0.6 is 0 Å². The van der Waals surface area contributed by atoms with Gasteiger partial charge in [0, 0.05) is 0 Å². The normalized spacial score (nSPS) is 21.9. The van der Waals surface area contributed by atoms with Crippen molar-refractivity contribution >= 4 is 26.3 Å². The second-order valence-electron chi connectivity index (χ2n) is 7.06. The smallest absolute Gasteiger partial charge is 0.412 e. The number of hydrogen-bond acceptors (Lipinski definition) is 9. The Balaban J connectivity index is 2.20. The van der Waals surface area contributed by atoms with Gasteiger partial charge in [0.1, 0.15) is 18.4 Å². The van der Waals surface area contributed by atoms with Crippen LogP contribution in [0.1, 0.15) is 19.4 Å². The third-order valence-electron chi connectivity index (χ3n) is 4.08. The van der Waals surface area contributed by atoms with E-state index in [4.69, 9.17) is 17.8 Å². The summed E-state index contributed by atoms with van der Waals surface area (Å²) in [6, 6.07) is 8.04. The molecule has 1 aliphatic rings. The van der Waals surface area contributed by atoms with Crippen molar-refractivity contribution in [2.24, 2.45) is 0 Å². The molecule has 2 atom stereocenters. The molecule has 2 unspecified atom stereocenters. The summed E-state index contributed by atoms with van der Waals surface area (Å²) in [4.78, 5) is 14.0. The van der Waals surface area contributed by atoms with Crippen molar-refractivity contribution in [3.8, 4) is 0 Å². The van der Waals surface area contributed by atoms with Crippen LogP contribution in [0.3, 0.4) is 0 Å². The van der Waals surface area contributed by atoms with Crippen LogP contribution in [0.2, 0.25) is 0 Å². The van der Waals surface area contributed by atoms with Gasteiger partial charge in [-0.1, -0.05) is 30.3 Å². The summed E-state index contributed by atoms with van der Waals surface area (Å²) in [5.74, 6) is 0. The third kappa shape index (κ3) is 7.23. The van der Waals surface area contributed by atoms with Crippen molar-refractivity contribution in [3.63, 3.8) is 0 Å². The first kappa shape index (κ1) is 23.5. The first-order valence-corrected chi connectivity index (χ1v) is 12.3. The van der Waals surface area contributed by atoms with E-state index >= 15 is 0 Å². The van der Waals surface area contributed by atoms with Gasteiger partial charge in [-0.25, -0.2) is 4.79 Å². The zero-order valence-electron chi connectivity index (χ0n) is 16.6. The predicted octanol–water partition coefficient (Wildman–Crippen LogP) is 1.08. The van der Waals surface area contributed by atoms with E-state index in [1.54, 1.807) is 38.1 Å². The second-order valence-corrected chi connectivity index (χ2v) is 10.3. The summed E-state index contributed by atoms with van der Waals surface area (Å²) >= 11 is 0. The van der Waals surface area contributed by atoms with E-state index < -0.39 is 57.4 Å². The molecule has 1 aliphatic heterocycles. The Bertz CT molecular complexity index is 913. The molecule has 0 saturated carbocycles. The number of hydrogen-bond donors (Lipinski definition) is 0. The molecule has 29 heavy (non-hydrogen) atoms. The number of ether oxygens (including phenoxy) is 2. The van der Waals surface area contributed by atoms with Gasteiger partial charge in [-0.05, 0) is 19.4 Å². The summed E-state index contributed by atoms with van der Waals surface area (Å²) in [6.45, 7) is 2.29. The molecule has 1 aromatic rings. The first-order valence-electron chi connectivity index (χ1n) is 8.65. The number of amides is 1. The van der Waals surface area contributed by atoms with E-state index in [9.17, 15) is 21.6 Å². The van der Waals surface area contributed by atoms with E-state index in [2.05, 4.69) is 0 Å². The van der Waals surface area contributed by atoms with Gasteiger partial charge in [0.2, 0.25) is 0 Å². The Morgan fingerprint density at radius 1 is 1.03 bits per heavy atom. The number of rotatable bonds is 8. The Hall–Kier alpha value is -1.73. The van der Waals surface area contributed by atoms with Crippen LogP contribution in [0.25, 0.3) is 0 Å². The SMILES string of the molecule is CC1(C)OC(COS(C)(=O)=O)C(COS(C)(=O)=O)N1C(=O)OCc1ccccc1. The molecule has 164 valence electrons. The van der Waals surface area contributed by atoms with Crippen molar-refractivity contribution in [2.75, 3.05) is 25.7 Å². The van der Waals surface area contributed by atoms with E-state index in [1.807, 2.05) is 6.07 Å². The first-order chi connectivity index (χ1) is 13.3. The summed E-state index contributed by atoms with van der Waals surface area (Å²) in [7, 11) is -7.59. The predicted molar refractivity (Wildman–Crippen MR) is 103 cm³/mol. The fraction of sp³-hybridized carbons (Fsp3) is 0.588. The Morgan fingerprint density at radius 2 is 1.59 bits per heavy atom. The summed E-state index contributed by atoms with van der Waals surface area (Å²) in [5.41, 5.74) is -0.454. The fourth-order valence-electron chi connectivity index (χ4n) is 2.93. The van der Waals surface area contributed by atoms with Crippen LogP contribution in [0, 0.1) is 0 Å². The standard InChI is InChI=1S/C17H25NO9S2/c1-17(2)18(16(19)24-10-13-8-6-5-7-9-13)14(11-25-28(3,20)21)15(27-17)12-26-29(4,22)23/h5-9,14-15H,10-12H2,1-4H3. The zero-order valence-corrected chi connectivity index (χ0v) is 18.2. The molecule has 0 aliphatic carbocycles. The Kier molecular flexibility index (Phi) is 7.28. The van der Waals surface area contributed by atoms with Crippen LogP contribution in [-0.4, -0.2) is 71.4 Å². The topological polar surface area (TPSA) is 126 Å². The summed E-state index contributed by atoms with van der Waals surface area (Å²) < 4.78 is 66.3. The minimum atomic E-state index is -3.81. The highest BCUT2D eigenvalue weighted by Gasteiger charge is 2.51. The lowest BCUT2D eigenvalue weighted by Gasteiger charge is -2.32. The number of carbonyl (C=O) groups is 1. The molecule has 10 nitrogen and oxygen atoms in total. The average molecular weight is 452 g/mol. The molecule has 0 N–H and O–H groups in total. The summed E-state index contributed by atoms with van der Waals surface area (Å²) in [5, 5.41) is 0. The van der Waals surface area contributed by atoms with Crippen molar-refractivity contribution in [3.05, 3.63) is 35.9 Å².